The van der Waals surface area contributed by atoms with E-state index in [0.717, 1.165) is 36.8 Å². The first-order valence-corrected chi connectivity index (χ1v) is 9.99. The lowest BCUT2D eigenvalue weighted by Crippen LogP contribution is -2.21. The fraction of sp³-hybridized carbons (Fsp3) is 0.308. The minimum absolute atomic E-state index is 0.0375. The van der Waals surface area contributed by atoms with Crippen LogP contribution in [0.3, 0.4) is 0 Å². The third-order valence-corrected chi connectivity index (χ3v) is 5.12. The third-order valence-electron chi connectivity index (χ3n) is 5.12. The van der Waals surface area contributed by atoms with Crippen LogP contribution in [0.1, 0.15) is 83.5 Å². The Morgan fingerprint density at radius 1 is 0.643 bits per heavy atom. The number of hydrogen-bond donors (Lipinski definition) is 0. The maximum atomic E-state index is 13.0. The van der Waals surface area contributed by atoms with Crippen LogP contribution in [0.4, 0.5) is 0 Å². The van der Waals surface area contributed by atoms with Gasteiger partial charge in [0.1, 0.15) is 0 Å². The van der Waals surface area contributed by atoms with Crippen molar-refractivity contribution >= 4 is 11.6 Å². The number of allylic oxidation sites excluding steroid dienone is 4. The molecule has 2 aromatic rings. The van der Waals surface area contributed by atoms with Gasteiger partial charge in [0.15, 0.2) is 11.6 Å². The third kappa shape index (κ3) is 4.39. The Labute approximate surface area is 168 Å². The molecule has 1 aliphatic carbocycles. The summed E-state index contributed by atoms with van der Waals surface area (Å²) >= 11 is 0. The summed E-state index contributed by atoms with van der Waals surface area (Å²) < 4.78 is 0. The lowest BCUT2D eigenvalue weighted by Gasteiger charge is -2.19. The first kappa shape index (κ1) is 20.0. The molecule has 0 N–H and O–H groups in total. The molecule has 144 valence electrons. The first-order valence-electron chi connectivity index (χ1n) is 9.99. The van der Waals surface area contributed by atoms with Gasteiger partial charge in [0, 0.05) is 22.3 Å². The summed E-state index contributed by atoms with van der Waals surface area (Å²) in [7, 11) is 0. The van der Waals surface area contributed by atoms with Crippen molar-refractivity contribution in [1.29, 1.82) is 0 Å². The van der Waals surface area contributed by atoms with E-state index in [2.05, 4.69) is 39.8 Å². The van der Waals surface area contributed by atoms with Crippen LogP contribution in [-0.4, -0.2) is 11.6 Å². The van der Waals surface area contributed by atoms with Crippen LogP contribution in [0.2, 0.25) is 0 Å². The first-order chi connectivity index (χ1) is 13.4. The van der Waals surface area contributed by atoms with E-state index in [0.29, 0.717) is 22.3 Å². The van der Waals surface area contributed by atoms with Crippen LogP contribution in [0, 0.1) is 0 Å². The maximum Gasteiger partial charge on any atom is 0.194 e. The molecular formula is C26H28O2. The summed E-state index contributed by atoms with van der Waals surface area (Å²) in [5.41, 5.74) is 6.93. The molecule has 2 heteroatoms. The van der Waals surface area contributed by atoms with Gasteiger partial charge in [-0.15, -0.1) is 0 Å². The van der Waals surface area contributed by atoms with Crippen molar-refractivity contribution in [3.8, 4) is 0 Å². The molecule has 0 aromatic heterocycles. The number of fused-ring (bicyclic) bond motifs is 2. The Morgan fingerprint density at radius 3 is 1.39 bits per heavy atom. The molecule has 3 rings (SSSR count). The topological polar surface area (TPSA) is 34.1 Å². The molecule has 28 heavy (non-hydrogen) atoms. The van der Waals surface area contributed by atoms with Crippen molar-refractivity contribution < 1.29 is 9.59 Å². The van der Waals surface area contributed by atoms with Crippen molar-refractivity contribution in [3.05, 3.63) is 93.1 Å². The van der Waals surface area contributed by atoms with Gasteiger partial charge < -0.3 is 0 Å². The van der Waals surface area contributed by atoms with E-state index in [4.69, 9.17) is 0 Å². The van der Waals surface area contributed by atoms with E-state index in [1.165, 1.54) is 11.1 Å². The Morgan fingerprint density at radius 2 is 1.04 bits per heavy atom. The van der Waals surface area contributed by atoms with Crippen LogP contribution in [0.25, 0.3) is 0 Å². The van der Waals surface area contributed by atoms with Gasteiger partial charge in [-0.25, -0.2) is 0 Å². The number of hydrogen-bond acceptors (Lipinski definition) is 2. The Kier molecular flexibility index (Phi) is 6.08. The molecular weight excluding hydrogens is 344 g/mol. The zero-order valence-corrected chi connectivity index (χ0v) is 17.3. The number of carbonyl (C=O) groups is 2. The van der Waals surface area contributed by atoms with Gasteiger partial charge in [-0.05, 0) is 76.6 Å². The monoisotopic (exact) mass is 372 g/mol. The Balaban J connectivity index is 1.87. The molecule has 0 aliphatic heterocycles. The predicted octanol–water partition coefficient (Wildman–Crippen LogP) is 6.26. The van der Waals surface area contributed by atoms with Gasteiger partial charge >= 0.3 is 0 Å². The van der Waals surface area contributed by atoms with Gasteiger partial charge in [0.05, 0.1) is 0 Å². The highest BCUT2D eigenvalue weighted by molar-refractivity contribution is 6.28. The van der Waals surface area contributed by atoms with E-state index in [9.17, 15) is 9.59 Å². The van der Waals surface area contributed by atoms with Gasteiger partial charge in [-0.3, -0.25) is 9.59 Å². The molecule has 0 bridgehead atoms. The summed E-state index contributed by atoms with van der Waals surface area (Å²) in [6.45, 7) is 8.33. The predicted molar refractivity (Wildman–Crippen MR) is 115 cm³/mol. The minimum Gasteiger partial charge on any atom is -0.289 e. The van der Waals surface area contributed by atoms with Gasteiger partial charge in [-0.1, -0.05) is 47.6 Å². The molecule has 2 nitrogen and oxygen atoms in total. The largest absolute Gasteiger partial charge is 0.289 e. The van der Waals surface area contributed by atoms with E-state index in [1.807, 2.05) is 36.4 Å². The molecule has 0 radical (unpaired) electrons. The van der Waals surface area contributed by atoms with Crippen molar-refractivity contribution in [2.45, 2.75) is 53.4 Å². The lowest BCUT2D eigenvalue weighted by atomic mass is 9.82. The van der Waals surface area contributed by atoms with Crippen molar-refractivity contribution in [3.63, 3.8) is 0 Å². The van der Waals surface area contributed by atoms with Crippen LogP contribution < -0.4 is 0 Å². The fourth-order valence-corrected chi connectivity index (χ4v) is 3.61. The highest BCUT2D eigenvalue weighted by atomic mass is 16.1. The van der Waals surface area contributed by atoms with E-state index in [-0.39, 0.29) is 11.6 Å². The van der Waals surface area contributed by atoms with Crippen LogP contribution in [0.15, 0.2) is 59.7 Å². The zero-order chi connectivity index (χ0) is 20.3. The number of benzene rings is 2. The number of carbonyl (C=O) groups excluding carboxylic acids is 2. The Bertz CT molecular complexity index is 900. The van der Waals surface area contributed by atoms with Gasteiger partial charge in [-0.2, -0.15) is 0 Å². The van der Waals surface area contributed by atoms with E-state index in [1.54, 1.807) is 0 Å². The molecule has 1 aliphatic rings. The Hall–Kier alpha value is -2.74. The normalized spacial score (nSPS) is 12.3. The fourth-order valence-electron chi connectivity index (χ4n) is 3.61. The van der Waals surface area contributed by atoms with Crippen molar-refractivity contribution in [1.82, 2.24) is 0 Å². The molecule has 0 saturated heterocycles. The van der Waals surface area contributed by atoms with Crippen LogP contribution in [-0.2, 0) is 12.8 Å². The molecule has 0 saturated carbocycles. The molecule has 0 fully saturated rings. The van der Waals surface area contributed by atoms with Crippen LogP contribution >= 0.6 is 0 Å². The van der Waals surface area contributed by atoms with E-state index >= 15 is 0 Å². The SMILES string of the molecule is CC(C)=CCCc1ccc2c(c1)C(=O)c1ccc(CCC=C(C)C)cc1C2=O. The van der Waals surface area contributed by atoms with Crippen LogP contribution in [0.5, 0.6) is 0 Å². The summed E-state index contributed by atoms with van der Waals surface area (Å²) in [5.74, 6) is -0.0750. The molecule has 0 amide bonds. The van der Waals surface area contributed by atoms with Gasteiger partial charge in [0.25, 0.3) is 0 Å². The lowest BCUT2D eigenvalue weighted by molar-refractivity contribution is 0.0979. The van der Waals surface area contributed by atoms with Crippen molar-refractivity contribution in [2.75, 3.05) is 0 Å². The summed E-state index contributed by atoms with van der Waals surface area (Å²) in [4.78, 5) is 26.1. The second-order valence-electron chi connectivity index (χ2n) is 8.06. The van der Waals surface area contributed by atoms with Crippen molar-refractivity contribution in [2.24, 2.45) is 0 Å². The highest BCUT2D eigenvalue weighted by Gasteiger charge is 2.29. The average Bonchev–Trinajstić information content (AvgIpc) is 2.65. The molecule has 0 atom stereocenters. The summed E-state index contributed by atoms with van der Waals surface area (Å²) in [6, 6.07) is 11.4. The summed E-state index contributed by atoms with van der Waals surface area (Å²) in [5, 5.41) is 0. The smallest absolute Gasteiger partial charge is 0.194 e. The molecule has 0 unspecified atom stereocenters. The summed E-state index contributed by atoms with van der Waals surface area (Å²) in [6.07, 6.45) is 8.01. The molecule has 2 aromatic carbocycles. The second kappa shape index (κ2) is 8.52. The molecule has 0 spiro atoms. The van der Waals surface area contributed by atoms with E-state index < -0.39 is 0 Å². The number of ketones is 2. The van der Waals surface area contributed by atoms with Gasteiger partial charge in [0.2, 0.25) is 0 Å². The number of aryl methyl sites for hydroxylation is 2. The maximum absolute atomic E-state index is 13.0. The minimum atomic E-state index is -0.0375. The highest BCUT2D eigenvalue weighted by Crippen LogP contribution is 2.29. The standard InChI is InChI=1S/C26H28O2/c1-17(2)7-5-9-19-11-13-21-23(15-19)25(27)22-14-12-20(10-6-8-18(3)4)16-24(22)26(21)28/h7-8,11-16H,5-6,9-10H2,1-4H3. The second-order valence-corrected chi connectivity index (χ2v) is 8.06. The zero-order valence-electron chi connectivity index (χ0n) is 17.3. The molecule has 0 heterocycles. The average molecular weight is 373 g/mol. The quantitative estimate of drug-likeness (QED) is 0.479. The number of rotatable bonds is 6.